The standard InChI is InChI=1S/C10H11ClN6O2/c1-15-4-3-12-7(15)5-16(2)10-8(17(18)19)9(11)13-6-14-10/h3-4,6H,5H2,1-2H3. The van der Waals surface area contributed by atoms with E-state index >= 15 is 0 Å². The van der Waals surface area contributed by atoms with Crippen molar-refractivity contribution in [2.45, 2.75) is 6.54 Å². The van der Waals surface area contributed by atoms with Gasteiger partial charge >= 0.3 is 5.69 Å². The van der Waals surface area contributed by atoms with Crippen LogP contribution >= 0.6 is 11.6 Å². The summed E-state index contributed by atoms with van der Waals surface area (Å²) in [4.78, 5) is 23.7. The van der Waals surface area contributed by atoms with Crippen molar-refractivity contribution in [3.8, 4) is 0 Å². The van der Waals surface area contributed by atoms with Crippen LogP contribution in [-0.2, 0) is 13.6 Å². The minimum Gasteiger partial charge on any atom is -0.346 e. The highest BCUT2D eigenvalue weighted by Crippen LogP contribution is 2.30. The van der Waals surface area contributed by atoms with Gasteiger partial charge in [0.05, 0.1) is 11.5 Å². The first-order chi connectivity index (χ1) is 9.00. The molecule has 100 valence electrons. The van der Waals surface area contributed by atoms with Crippen molar-refractivity contribution in [3.05, 3.63) is 39.8 Å². The van der Waals surface area contributed by atoms with E-state index in [-0.39, 0.29) is 16.7 Å². The molecule has 0 spiro atoms. The summed E-state index contributed by atoms with van der Waals surface area (Å²) < 4.78 is 1.82. The van der Waals surface area contributed by atoms with Crippen LogP contribution in [0.2, 0.25) is 5.15 Å². The van der Waals surface area contributed by atoms with Crippen LogP contribution in [-0.4, -0.2) is 31.5 Å². The Bertz CT molecular complexity index is 614. The molecular weight excluding hydrogens is 272 g/mol. The normalized spacial score (nSPS) is 10.5. The number of rotatable bonds is 4. The second kappa shape index (κ2) is 5.19. The Morgan fingerprint density at radius 3 is 2.79 bits per heavy atom. The van der Waals surface area contributed by atoms with Gasteiger partial charge in [0.25, 0.3) is 0 Å². The lowest BCUT2D eigenvalue weighted by Crippen LogP contribution is -2.21. The molecule has 2 rings (SSSR count). The van der Waals surface area contributed by atoms with Gasteiger partial charge in [0.2, 0.25) is 11.0 Å². The number of nitro groups is 1. The fraction of sp³-hybridized carbons (Fsp3) is 0.300. The zero-order chi connectivity index (χ0) is 14.0. The highest BCUT2D eigenvalue weighted by atomic mass is 35.5. The topological polar surface area (TPSA) is 90.0 Å². The molecule has 2 heterocycles. The largest absolute Gasteiger partial charge is 0.348 e. The molecule has 0 unspecified atom stereocenters. The average molecular weight is 283 g/mol. The van der Waals surface area contributed by atoms with E-state index in [1.807, 2.05) is 11.6 Å². The number of anilines is 1. The summed E-state index contributed by atoms with van der Waals surface area (Å²) in [6.07, 6.45) is 4.65. The van der Waals surface area contributed by atoms with Gasteiger partial charge in [-0.2, -0.15) is 0 Å². The summed E-state index contributed by atoms with van der Waals surface area (Å²) >= 11 is 5.74. The van der Waals surface area contributed by atoms with Gasteiger partial charge in [0.1, 0.15) is 12.2 Å². The first-order valence-electron chi connectivity index (χ1n) is 5.33. The third-order valence-corrected chi connectivity index (χ3v) is 2.88. The smallest absolute Gasteiger partial charge is 0.346 e. The Morgan fingerprint density at radius 2 is 2.21 bits per heavy atom. The van der Waals surface area contributed by atoms with Crippen molar-refractivity contribution in [1.82, 2.24) is 19.5 Å². The zero-order valence-electron chi connectivity index (χ0n) is 10.3. The van der Waals surface area contributed by atoms with Crippen LogP contribution in [0.15, 0.2) is 18.7 Å². The van der Waals surface area contributed by atoms with Crippen molar-refractivity contribution < 1.29 is 4.92 Å². The number of aromatic nitrogens is 4. The molecule has 0 fully saturated rings. The average Bonchev–Trinajstić information content (AvgIpc) is 2.74. The van der Waals surface area contributed by atoms with Crippen LogP contribution in [0.1, 0.15) is 5.82 Å². The van der Waals surface area contributed by atoms with Gasteiger partial charge in [-0.25, -0.2) is 15.0 Å². The predicted octanol–water partition coefficient (Wildman–Crippen LogP) is 1.41. The van der Waals surface area contributed by atoms with E-state index in [9.17, 15) is 10.1 Å². The molecule has 0 bridgehead atoms. The third-order valence-electron chi connectivity index (χ3n) is 2.60. The Morgan fingerprint density at radius 1 is 1.47 bits per heavy atom. The third kappa shape index (κ3) is 2.63. The van der Waals surface area contributed by atoms with Crippen LogP contribution in [0.3, 0.4) is 0 Å². The van der Waals surface area contributed by atoms with Crippen LogP contribution < -0.4 is 4.90 Å². The fourth-order valence-corrected chi connectivity index (χ4v) is 1.82. The number of imidazole rings is 1. The van der Waals surface area contributed by atoms with E-state index in [4.69, 9.17) is 11.6 Å². The lowest BCUT2D eigenvalue weighted by atomic mass is 10.4. The van der Waals surface area contributed by atoms with Crippen LogP contribution in [0.5, 0.6) is 0 Å². The first kappa shape index (κ1) is 13.2. The summed E-state index contributed by atoms with van der Waals surface area (Å²) in [5.74, 6) is 0.916. The zero-order valence-corrected chi connectivity index (χ0v) is 11.1. The molecule has 0 aliphatic carbocycles. The Kier molecular flexibility index (Phi) is 3.61. The van der Waals surface area contributed by atoms with E-state index in [0.29, 0.717) is 6.54 Å². The van der Waals surface area contributed by atoms with Crippen molar-refractivity contribution in [2.24, 2.45) is 7.05 Å². The number of nitrogens with zero attached hydrogens (tertiary/aromatic N) is 6. The Hall–Kier alpha value is -2.22. The molecule has 0 saturated heterocycles. The van der Waals surface area contributed by atoms with Crippen LogP contribution in [0, 0.1) is 10.1 Å². The van der Waals surface area contributed by atoms with Gasteiger partial charge < -0.3 is 9.47 Å². The second-order valence-electron chi connectivity index (χ2n) is 3.90. The second-order valence-corrected chi connectivity index (χ2v) is 4.26. The van der Waals surface area contributed by atoms with Gasteiger partial charge in [-0.1, -0.05) is 11.6 Å². The molecule has 0 saturated carbocycles. The van der Waals surface area contributed by atoms with Crippen molar-refractivity contribution >= 4 is 23.1 Å². The summed E-state index contributed by atoms with van der Waals surface area (Å²) in [7, 11) is 3.53. The van der Waals surface area contributed by atoms with Crippen molar-refractivity contribution in [2.75, 3.05) is 11.9 Å². The van der Waals surface area contributed by atoms with Gasteiger partial charge in [-0.15, -0.1) is 0 Å². The van der Waals surface area contributed by atoms with Crippen LogP contribution in [0.25, 0.3) is 0 Å². The highest BCUT2D eigenvalue weighted by molar-refractivity contribution is 6.31. The number of halogens is 1. The lowest BCUT2D eigenvalue weighted by Gasteiger charge is -2.17. The molecule has 9 heteroatoms. The van der Waals surface area contributed by atoms with E-state index in [1.165, 1.54) is 6.33 Å². The first-order valence-corrected chi connectivity index (χ1v) is 5.70. The molecule has 19 heavy (non-hydrogen) atoms. The predicted molar refractivity (Wildman–Crippen MR) is 69.0 cm³/mol. The molecule has 0 aliphatic heterocycles. The molecule has 0 radical (unpaired) electrons. The van der Waals surface area contributed by atoms with Crippen molar-refractivity contribution in [1.29, 1.82) is 0 Å². The number of aryl methyl sites for hydroxylation is 1. The summed E-state index contributed by atoms with van der Waals surface area (Å²) in [5.41, 5.74) is -0.305. The molecule has 0 aliphatic rings. The minimum absolute atomic E-state index is 0.160. The van der Waals surface area contributed by atoms with E-state index in [1.54, 1.807) is 24.3 Å². The molecule has 2 aromatic heterocycles. The van der Waals surface area contributed by atoms with Crippen LogP contribution in [0.4, 0.5) is 11.5 Å². The maximum atomic E-state index is 11.0. The van der Waals surface area contributed by atoms with Gasteiger partial charge in [-0.3, -0.25) is 10.1 Å². The molecular formula is C10H11ClN6O2. The van der Waals surface area contributed by atoms with E-state index in [2.05, 4.69) is 15.0 Å². The molecule has 0 aromatic carbocycles. The SMILES string of the molecule is CN(Cc1nccn1C)c1ncnc(Cl)c1[N+](=O)[O-]. The number of hydrogen-bond donors (Lipinski definition) is 0. The molecule has 0 amide bonds. The highest BCUT2D eigenvalue weighted by Gasteiger charge is 2.24. The summed E-state index contributed by atoms with van der Waals surface area (Å²) in [5, 5.41) is 10.8. The van der Waals surface area contributed by atoms with Gasteiger partial charge in [0, 0.05) is 26.5 Å². The minimum atomic E-state index is -0.591. The van der Waals surface area contributed by atoms with E-state index in [0.717, 1.165) is 5.82 Å². The lowest BCUT2D eigenvalue weighted by molar-refractivity contribution is -0.384. The summed E-state index contributed by atoms with van der Waals surface area (Å²) in [6, 6.07) is 0. The maximum Gasteiger partial charge on any atom is 0.348 e. The molecule has 0 atom stereocenters. The maximum absolute atomic E-state index is 11.0. The molecule has 8 nitrogen and oxygen atoms in total. The fourth-order valence-electron chi connectivity index (χ4n) is 1.62. The molecule has 0 N–H and O–H groups in total. The van der Waals surface area contributed by atoms with E-state index < -0.39 is 4.92 Å². The monoisotopic (exact) mass is 282 g/mol. The van der Waals surface area contributed by atoms with Crippen molar-refractivity contribution in [3.63, 3.8) is 0 Å². The Labute approximate surface area is 113 Å². The number of hydrogen-bond acceptors (Lipinski definition) is 6. The summed E-state index contributed by atoms with van der Waals surface area (Å²) in [6.45, 7) is 0.373. The van der Waals surface area contributed by atoms with Gasteiger partial charge in [0.15, 0.2) is 0 Å². The molecule has 2 aromatic rings. The quantitative estimate of drug-likeness (QED) is 0.478. The Balaban J connectivity index is 2.34. The van der Waals surface area contributed by atoms with Gasteiger partial charge in [-0.05, 0) is 0 Å².